The molecular weight excluding hydrogens is 1450 g/mol. The molecule has 29 heteroatoms. The highest BCUT2D eigenvalue weighted by Gasteiger charge is 2.49. The van der Waals surface area contributed by atoms with E-state index in [0.717, 1.165) is 21.5 Å². The van der Waals surface area contributed by atoms with E-state index in [1.54, 1.807) is 110 Å². The largest absolute Gasteiger partial charge is 0.490 e. The van der Waals surface area contributed by atoms with Crippen LogP contribution in [0.4, 0.5) is 0 Å². The Hall–Kier alpha value is -10.6. The average molecular weight is 1550 g/mol. The first-order valence-corrected chi connectivity index (χ1v) is 39.8. The van der Waals surface area contributed by atoms with Gasteiger partial charge in [0.2, 0.25) is 57.3 Å². The SMILES string of the molecule is CN[C@@H](C)C(=O)N[C@H](C(=O)N1C[C@H]2C/C=C/COc3ccc(cc3)C[C@@H](C(=O)O)NC(=O)[C@H](Cc3ccc4ccccc4c3)NC(=O)[C@@H]3C[C@@H](CN3C(=O)[C@@H](NC(=O)[C@H](C)NC)C(C)(C)C)n3cc(nn3)COc3ccc(cc3)C[C@@H](NS(=O)(=O)C3CC3)NC(=O)[C@H](Cc3ccc4ccccc4c3)NC(=O)[C@@H]1C2)C(C)(C)C. The zero-order chi connectivity index (χ0) is 80.3. The Morgan fingerprint density at radius 1 is 0.589 bits per heavy atom. The summed E-state index contributed by atoms with van der Waals surface area (Å²) in [5, 5.41) is 45.9. The summed E-state index contributed by atoms with van der Waals surface area (Å²) >= 11 is 0. The van der Waals surface area contributed by atoms with Gasteiger partial charge < -0.3 is 66.9 Å². The summed E-state index contributed by atoms with van der Waals surface area (Å²) in [5.41, 5.74) is 1.09. The number of carboxylic acid groups (broad SMARTS) is 1. The molecule has 28 nitrogen and oxygen atoms in total. The van der Waals surface area contributed by atoms with Crippen LogP contribution in [0.15, 0.2) is 152 Å². The number of likely N-dealkylation sites (tertiary alicyclic amines) is 2. The van der Waals surface area contributed by atoms with Gasteiger partial charge >= 0.3 is 5.97 Å². The maximum absolute atomic E-state index is 15.3. The first-order valence-electron chi connectivity index (χ1n) is 38.3. The Kier molecular flexibility index (Phi) is 26.3. The van der Waals surface area contributed by atoms with E-state index in [1.807, 2.05) is 112 Å². The van der Waals surface area contributed by atoms with E-state index in [2.05, 4.69) is 57.6 Å². The van der Waals surface area contributed by atoms with Crippen molar-refractivity contribution < 1.29 is 66.1 Å². The number of allylic oxidation sites excluding steroid dienone is 1. The van der Waals surface area contributed by atoms with Gasteiger partial charge in [0.25, 0.3) is 0 Å². The van der Waals surface area contributed by atoms with Gasteiger partial charge in [0.1, 0.15) is 72.7 Å². The number of nitrogens with zero attached hydrogens (tertiary/aromatic N) is 5. The van der Waals surface area contributed by atoms with Crippen LogP contribution in [0, 0.1) is 16.7 Å². The second kappa shape index (κ2) is 35.8. The number of hydrogen-bond donors (Lipinski definition) is 10. The van der Waals surface area contributed by atoms with Crippen molar-refractivity contribution in [3.8, 4) is 11.5 Å². The van der Waals surface area contributed by atoms with E-state index in [1.165, 1.54) is 14.5 Å². The quantitative estimate of drug-likeness (QED) is 0.0536. The fraction of sp³-hybridized carbons (Fsp3) is 0.458. The van der Waals surface area contributed by atoms with Gasteiger partial charge in [-0.1, -0.05) is 168 Å². The van der Waals surface area contributed by atoms with E-state index in [9.17, 15) is 32.7 Å². The maximum Gasteiger partial charge on any atom is 0.326 e. The molecular formula is C83H104N14O14S. The van der Waals surface area contributed by atoms with Gasteiger partial charge in [-0.15, -0.1) is 5.10 Å². The van der Waals surface area contributed by atoms with Gasteiger partial charge in [-0.3, -0.25) is 38.4 Å². The minimum absolute atomic E-state index is 0.0310. The highest BCUT2D eigenvalue weighted by molar-refractivity contribution is 7.90. The molecule has 10 bridgehead atoms. The van der Waals surface area contributed by atoms with Crippen LogP contribution < -0.4 is 56.7 Å². The number of carbonyl (C=O) groups excluding carboxylic acids is 8. The number of aliphatic carboxylic acids is 1. The molecule has 2 saturated heterocycles. The lowest BCUT2D eigenvalue weighted by Gasteiger charge is -2.36. The Bertz CT molecular complexity index is 4730. The number of carbonyl (C=O) groups is 9. The minimum Gasteiger partial charge on any atom is -0.490 e. The van der Waals surface area contributed by atoms with E-state index >= 15 is 24.0 Å². The molecule has 6 aliphatic heterocycles. The smallest absolute Gasteiger partial charge is 0.326 e. The van der Waals surface area contributed by atoms with Crippen molar-refractivity contribution in [1.29, 1.82) is 0 Å². The molecule has 1 saturated carbocycles. The molecule has 3 fully saturated rings. The van der Waals surface area contributed by atoms with Crippen LogP contribution in [0.1, 0.15) is 121 Å². The van der Waals surface area contributed by atoms with E-state index < -0.39 is 146 Å². The van der Waals surface area contributed by atoms with Gasteiger partial charge in [-0.25, -0.2) is 17.9 Å². The number of aromatic nitrogens is 3. The second-order valence-electron chi connectivity index (χ2n) is 32.0. The normalized spacial score (nSPS) is 22.8. The van der Waals surface area contributed by atoms with Crippen LogP contribution in [-0.4, -0.2) is 191 Å². The lowest BCUT2D eigenvalue weighted by molar-refractivity contribution is -0.145. The summed E-state index contributed by atoms with van der Waals surface area (Å²) < 4.78 is 44.5. The predicted octanol–water partition coefficient (Wildman–Crippen LogP) is 5.47. The first-order chi connectivity index (χ1) is 53.3. The molecule has 7 aliphatic rings. The number of amides is 8. The summed E-state index contributed by atoms with van der Waals surface area (Å²) in [6, 6.07) is 29.2. The third-order valence-electron chi connectivity index (χ3n) is 21.3. The zero-order valence-corrected chi connectivity index (χ0v) is 65.8. The first kappa shape index (κ1) is 82.3. The van der Waals surface area contributed by atoms with Crippen LogP contribution in [-0.2, 0) is 85.5 Å². The Morgan fingerprint density at radius 3 is 1.59 bits per heavy atom. The molecule has 0 unspecified atom stereocenters. The maximum atomic E-state index is 15.3. The molecule has 8 amide bonds. The molecule has 12 atom stereocenters. The molecule has 10 N–H and O–H groups in total. The Labute approximate surface area is 653 Å². The van der Waals surface area contributed by atoms with Crippen molar-refractivity contribution in [1.82, 2.24) is 72.1 Å². The van der Waals surface area contributed by atoms with Crippen molar-refractivity contribution in [2.24, 2.45) is 16.7 Å². The summed E-state index contributed by atoms with van der Waals surface area (Å²) in [7, 11) is -0.720. The van der Waals surface area contributed by atoms with E-state index in [4.69, 9.17) is 9.47 Å². The summed E-state index contributed by atoms with van der Waals surface area (Å²) in [6.07, 6.45) is 5.11. The third kappa shape index (κ3) is 21.1. The van der Waals surface area contributed by atoms with E-state index in [0.29, 0.717) is 58.7 Å². The number of benzene rings is 6. The molecule has 6 aromatic carbocycles. The topological polar surface area (TPSA) is 372 Å². The van der Waals surface area contributed by atoms with Gasteiger partial charge in [0.15, 0.2) is 0 Å². The highest BCUT2D eigenvalue weighted by Crippen LogP contribution is 2.35. The predicted molar refractivity (Wildman–Crippen MR) is 422 cm³/mol. The third-order valence-corrected chi connectivity index (χ3v) is 23.3. The molecule has 0 spiro atoms. The van der Waals surface area contributed by atoms with Gasteiger partial charge in [0.05, 0.1) is 35.7 Å². The average Bonchev–Trinajstić information content (AvgIpc) is 1.62. The standard InChI is InChI=1S/C83H104N14O14S/c1-49(84-9)73(98)90-71(82(3,4)5)79(104)95-45-55-17-15-16-36-110-62-30-24-51(25-31-62)39-67(81(106)107)88-75(100)65(40-53-22-28-56-18-11-13-20-58(56)37-53)86-78(103)69-44-61(47-96(69)80(105)72(83(6,7)8)91-74(99)50(2)85-10)97-46-60(92-94-97)48-111-63-32-26-52(27-33-63)43-70(93-112(108,109)64-34-35-64)89-76(101)66(87-77(102)68(95)42-55)41-54-23-29-57-19-12-14-21-59(57)38-54/h11-16,18-33,37-38,46,49-50,55,61,64-72,84-85,93H,17,34-36,39-45,47-48H2,1-10H3,(H,86,103)(H,87,102)(H,88,100)(H,89,101)(H,90,98)(H,91,99)(H,106,107)/b16-15+/t49-,50-,55-,61-,65-,66-,67-,68-,69-,70+,71+,72+/m0/s1. The van der Waals surface area contributed by atoms with Crippen molar-refractivity contribution in [2.45, 2.75) is 192 Å². The van der Waals surface area contributed by atoms with Crippen LogP contribution in [0.25, 0.3) is 21.5 Å². The fourth-order valence-electron chi connectivity index (χ4n) is 14.3. The van der Waals surface area contributed by atoms with Gasteiger partial charge in [-0.2, -0.15) is 4.72 Å². The lowest BCUT2D eigenvalue weighted by atomic mass is 9.85. The molecule has 7 heterocycles. The van der Waals surface area contributed by atoms with Crippen LogP contribution in [0.2, 0.25) is 0 Å². The van der Waals surface area contributed by atoms with Crippen molar-refractivity contribution >= 4 is 84.8 Å². The van der Waals surface area contributed by atoms with Crippen LogP contribution >= 0.6 is 0 Å². The number of rotatable bonds is 16. The Morgan fingerprint density at radius 2 is 1.08 bits per heavy atom. The van der Waals surface area contributed by atoms with Gasteiger partial charge in [0, 0.05) is 45.2 Å². The lowest BCUT2D eigenvalue weighted by Crippen LogP contribution is -2.61. The molecule has 112 heavy (non-hydrogen) atoms. The number of hydrogen-bond acceptors (Lipinski definition) is 17. The molecule has 596 valence electrons. The van der Waals surface area contributed by atoms with Crippen LogP contribution in [0.3, 0.4) is 0 Å². The number of sulfonamides is 1. The number of likely N-dealkylation sites (N-methyl/N-ethyl adjacent to an activating group) is 2. The van der Waals surface area contributed by atoms with Crippen LogP contribution in [0.5, 0.6) is 11.5 Å². The highest BCUT2D eigenvalue weighted by atomic mass is 32.2. The number of ether oxygens (including phenoxy) is 2. The molecule has 1 aromatic heterocycles. The number of nitrogens with one attached hydrogen (secondary N) is 9. The molecule has 0 radical (unpaired) electrons. The zero-order valence-electron chi connectivity index (χ0n) is 65.0. The van der Waals surface area contributed by atoms with Crippen molar-refractivity contribution in [3.05, 3.63) is 180 Å². The van der Waals surface area contributed by atoms with Gasteiger partial charge in [-0.05, 0) is 138 Å². The number of fused-ring (bicyclic) bond motifs is 2. The molecule has 7 aromatic rings. The molecule has 14 rings (SSSR count). The van der Waals surface area contributed by atoms with Crippen molar-refractivity contribution in [3.63, 3.8) is 0 Å². The summed E-state index contributed by atoms with van der Waals surface area (Å²) in [4.78, 5) is 135. The second-order valence-corrected chi connectivity index (χ2v) is 34.0. The molecule has 1 aliphatic carbocycles. The monoisotopic (exact) mass is 1550 g/mol. The van der Waals surface area contributed by atoms with E-state index in [-0.39, 0.29) is 70.7 Å². The fourth-order valence-corrected chi connectivity index (χ4v) is 15.8. The minimum atomic E-state index is -3.97. The number of carboxylic acids is 1. The Balaban J connectivity index is 0.920. The summed E-state index contributed by atoms with van der Waals surface area (Å²) in [6.45, 7) is 14.2. The van der Waals surface area contributed by atoms with Crippen molar-refractivity contribution in [2.75, 3.05) is 33.8 Å². The summed E-state index contributed by atoms with van der Waals surface area (Å²) in [5.74, 6) is -5.64.